The number of aliphatic hydroxyl groups excluding tert-OH is 1. The van der Waals surface area contributed by atoms with E-state index < -0.39 is 17.5 Å². The number of nitrogens with zero attached hydrogens (tertiary/aromatic N) is 1. The molecule has 0 aliphatic heterocycles. The van der Waals surface area contributed by atoms with Crippen LogP contribution < -0.4 is 0 Å². The Labute approximate surface area is 205 Å². The summed E-state index contributed by atoms with van der Waals surface area (Å²) < 4.78 is 0. The number of carboxylic acid groups (broad SMARTS) is 1. The minimum Gasteiger partial charge on any atom is -0.481 e. The number of aliphatic hydroxyl groups is 1. The molecule has 1 aliphatic rings. The van der Waals surface area contributed by atoms with E-state index in [9.17, 15) is 15.0 Å². The highest BCUT2D eigenvalue weighted by Crippen LogP contribution is 2.48. The molecule has 4 heteroatoms. The molecule has 5 rings (SSSR count). The van der Waals surface area contributed by atoms with Gasteiger partial charge >= 0.3 is 5.97 Å². The largest absolute Gasteiger partial charge is 0.481 e. The first-order valence-electron chi connectivity index (χ1n) is 12.2. The van der Waals surface area contributed by atoms with E-state index in [4.69, 9.17) is 0 Å². The molecular formula is C31H29NO3. The number of carboxylic acids is 1. The van der Waals surface area contributed by atoms with Crippen molar-refractivity contribution in [3.05, 3.63) is 114 Å². The normalized spacial score (nSPS) is 14.9. The van der Waals surface area contributed by atoms with E-state index >= 15 is 0 Å². The number of carbonyl (C=O) groups is 1. The molecule has 1 aromatic heterocycles. The first-order valence-corrected chi connectivity index (χ1v) is 12.2. The lowest BCUT2D eigenvalue weighted by Crippen LogP contribution is -2.19. The summed E-state index contributed by atoms with van der Waals surface area (Å²) in [6, 6.07) is 28.2. The zero-order valence-corrected chi connectivity index (χ0v) is 19.6. The van der Waals surface area contributed by atoms with Gasteiger partial charge in [0.25, 0.3) is 0 Å². The number of aliphatic carboxylic acids is 1. The quantitative estimate of drug-likeness (QED) is 0.294. The van der Waals surface area contributed by atoms with Gasteiger partial charge in [-0.3, -0.25) is 9.78 Å². The van der Waals surface area contributed by atoms with Crippen molar-refractivity contribution in [2.75, 3.05) is 0 Å². The molecule has 0 radical (unpaired) electrons. The summed E-state index contributed by atoms with van der Waals surface area (Å²) in [5.74, 6) is -0.726. The Morgan fingerprint density at radius 1 is 0.857 bits per heavy atom. The fourth-order valence-corrected chi connectivity index (χ4v) is 4.80. The summed E-state index contributed by atoms with van der Waals surface area (Å²) in [7, 11) is 0. The van der Waals surface area contributed by atoms with Crippen LogP contribution in [0, 0.1) is 0 Å². The van der Waals surface area contributed by atoms with Crippen LogP contribution in [0.4, 0.5) is 0 Å². The first-order chi connectivity index (χ1) is 17.1. The SMILES string of the molecule is O=C(O)C1(c2ccc(-c3ccc(-c4cnccc4CCCC(O)c4ccccc4)cc3)cc2)CC1. The van der Waals surface area contributed by atoms with Gasteiger partial charge in [0.15, 0.2) is 0 Å². The summed E-state index contributed by atoms with van der Waals surface area (Å²) in [6.07, 6.45) is 7.19. The van der Waals surface area contributed by atoms with Crippen LogP contribution in [0.15, 0.2) is 97.3 Å². The van der Waals surface area contributed by atoms with E-state index in [-0.39, 0.29) is 0 Å². The number of benzene rings is 3. The second-order valence-electron chi connectivity index (χ2n) is 9.39. The second kappa shape index (κ2) is 9.85. The molecule has 176 valence electrons. The highest BCUT2D eigenvalue weighted by Gasteiger charge is 2.51. The summed E-state index contributed by atoms with van der Waals surface area (Å²) in [5, 5.41) is 20.0. The lowest BCUT2D eigenvalue weighted by molar-refractivity contribution is -0.140. The molecule has 4 aromatic rings. The van der Waals surface area contributed by atoms with Crippen molar-refractivity contribution in [2.24, 2.45) is 0 Å². The molecule has 2 N–H and O–H groups in total. The van der Waals surface area contributed by atoms with E-state index in [1.54, 1.807) is 0 Å². The van der Waals surface area contributed by atoms with Crippen molar-refractivity contribution in [2.45, 2.75) is 43.6 Å². The van der Waals surface area contributed by atoms with Crippen molar-refractivity contribution in [1.29, 1.82) is 0 Å². The highest BCUT2D eigenvalue weighted by atomic mass is 16.4. The van der Waals surface area contributed by atoms with Crippen molar-refractivity contribution in [3.63, 3.8) is 0 Å². The summed E-state index contributed by atoms with van der Waals surface area (Å²) >= 11 is 0. The van der Waals surface area contributed by atoms with Gasteiger partial charge in [-0.1, -0.05) is 78.9 Å². The number of pyridine rings is 1. The van der Waals surface area contributed by atoms with Gasteiger partial charge in [0, 0.05) is 18.0 Å². The molecule has 3 aromatic carbocycles. The Hall–Kier alpha value is -3.76. The molecule has 1 atom stereocenters. The molecule has 1 heterocycles. The third-order valence-electron chi connectivity index (χ3n) is 7.15. The molecule has 0 amide bonds. The van der Waals surface area contributed by atoms with E-state index in [2.05, 4.69) is 35.3 Å². The van der Waals surface area contributed by atoms with E-state index in [0.29, 0.717) is 6.42 Å². The fraction of sp³-hybridized carbons (Fsp3) is 0.226. The lowest BCUT2D eigenvalue weighted by Gasteiger charge is -2.13. The lowest BCUT2D eigenvalue weighted by atomic mass is 9.92. The van der Waals surface area contributed by atoms with Crippen LogP contribution in [0.25, 0.3) is 22.3 Å². The molecular weight excluding hydrogens is 434 g/mol. The Morgan fingerprint density at radius 2 is 1.49 bits per heavy atom. The molecule has 0 bridgehead atoms. The summed E-state index contributed by atoms with van der Waals surface area (Å²) in [5.41, 5.74) is 6.79. The molecule has 1 fully saturated rings. The fourth-order valence-electron chi connectivity index (χ4n) is 4.80. The maximum atomic E-state index is 11.6. The number of aryl methyl sites for hydroxylation is 1. The van der Waals surface area contributed by atoms with Gasteiger partial charge in [-0.25, -0.2) is 0 Å². The summed E-state index contributed by atoms with van der Waals surface area (Å²) in [6.45, 7) is 0. The Morgan fingerprint density at radius 3 is 2.11 bits per heavy atom. The topological polar surface area (TPSA) is 70.4 Å². The molecule has 1 unspecified atom stereocenters. The maximum Gasteiger partial charge on any atom is 0.314 e. The van der Waals surface area contributed by atoms with Crippen molar-refractivity contribution >= 4 is 5.97 Å². The molecule has 35 heavy (non-hydrogen) atoms. The minimum absolute atomic E-state index is 0.447. The zero-order chi connectivity index (χ0) is 24.3. The van der Waals surface area contributed by atoms with Gasteiger partial charge in [-0.15, -0.1) is 0 Å². The predicted octanol–water partition coefficient (Wildman–Crippen LogP) is 6.59. The second-order valence-corrected chi connectivity index (χ2v) is 9.39. The Kier molecular flexibility index (Phi) is 6.47. The predicted molar refractivity (Wildman–Crippen MR) is 138 cm³/mol. The zero-order valence-electron chi connectivity index (χ0n) is 19.6. The smallest absolute Gasteiger partial charge is 0.314 e. The van der Waals surface area contributed by atoms with Gasteiger partial charge in [0.05, 0.1) is 11.5 Å². The number of aromatic nitrogens is 1. The van der Waals surface area contributed by atoms with Gasteiger partial charge in [0.2, 0.25) is 0 Å². The van der Waals surface area contributed by atoms with Crippen LogP contribution in [0.2, 0.25) is 0 Å². The maximum absolute atomic E-state index is 11.6. The monoisotopic (exact) mass is 463 g/mol. The van der Waals surface area contributed by atoms with Gasteiger partial charge < -0.3 is 10.2 Å². The molecule has 4 nitrogen and oxygen atoms in total. The van der Waals surface area contributed by atoms with Crippen molar-refractivity contribution < 1.29 is 15.0 Å². The number of hydrogen-bond acceptors (Lipinski definition) is 3. The van der Waals surface area contributed by atoms with E-state index in [1.165, 1.54) is 5.56 Å². The van der Waals surface area contributed by atoms with E-state index in [1.807, 2.05) is 67.0 Å². The Bertz CT molecular complexity index is 1290. The molecule has 1 saturated carbocycles. The average Bonchev–Trinajstić information content (AvgIpc) is 3.72. The average molecular weight is 464 g/mol. The van der Waals surface area contributed by atoms with E-state index in [0.717, 1.165) is 59.1 Å². The van der Waals surface area contributed by atoms with Crippen molar-refractivity contribution in [3.8, 4) is 22.3 Å². The number of rotatable bonds is 9. The third kappa shape index (κ3) is 4.89. The Balaban J connectivity index is 1.27. The summed E-state index contributed by atoms with van der Waals surface area (Å²) in [4.78, 5) is 15.9. The van der Waals surface area contributed by atoms with Crippen LogP contribution in [-0.2, 0) is 16.6 Å². The van der Waals surface area contributed by atoms with Gasteiger partial charge in [-0.05, 0) is 71.6 Å². The highest BCUT2D eigenvalue weighted by molar-refractivity contribution is 5.85. The molecule has 0 spiro atoms. The van der Waals surface area contributed by atoms with Crippen LogP contribution >= 0.6 is 0 Å². The van der Waals surface area contributed by atoms with Crippen LogP contribution in [0.3, 0.4) is 0 Å². The molecule has 0 saturated heterocycles. The minimum atomic E-state index is -0.726. The van der Waals surface area contributed by atoms with Crippen LogP contribution in [0.5, 0.6) is 0 Å². The molecule has 1 aliphatic carbocycles. The third-order valence-corrected chi connectivity index (χ3v) is 7.15. The van der Waals surface area contributed by atoms with Gasteiger partial charge in [-0.2, -0.15) is 0 Å². The van der Waals surface area contributed by atoms with Gasteiger partial charge in [0.1, 0.15) is 0 Å². The number of hydrogen-bond donors (Lipinski definition) is 2. The van der Waals surface area contributed by atoms with Crippen LogP contribution in [0.1, 0.15) is 48.5 Å². The van der Waals surface area contributed by atoms with Crippen molar-refractivity contribution in [1.82, 2.24) is 4.98 Å². The first kappa shape index (κ1) is 23.0. The standard InChI is InChI=1S/C31H29NO3/c33-29(26-5-2-1-3-6-26)8-4-7-24-17-20-32-21-28(24)25-11-9-22(10-12-25)23-13-15-27(16-14-23)31(18-19-31)30(34)35/h1-3,5-6,9-17,20-21,29,33H,4,7-8,18-19H2,(H,34,35). The van der Waals surface area contributed by atoms with Crippen LogP contribution in [-0.4, -0.2) is 21.2 Å².